The van der Waals surface area contributed by atoms with Gasteiger partial charge in [-0.05, 0) is 35.6 Å². The van der Waals surface area contributed by atoms with E-state index in [0.717, 1.165) is 4.90 Å². The van der Waals surface area contributed by atoms with Crippen LogP contribution in [0.1, 0.15) is 31.9 Å². The van der Waals surface area contributed by atoms with Crippen molar-refractivity contribution in [1.82, 2.24) is 10.2 Å². The summed E-state index contributed by atoms with van der Waals surface area (Å²) >= 11 is 0. The third kappa shape index (κ3) is 5.40. The SMILES string of the molecule is CC(C)C[C@H](N[C@@H](c1cccc(-c2ccccc2F)c1)C(F)(F)F)C(=O)N1C[C@H](F)[C@H]2OC[C@H](O)[C@H]21. The molecule has 4 rings (SSSR count). The number of rotatable bonds is 7. The molecule has 2 N–H and O–H groups in total. The highest BCUT2D eigenvalue weighted by Gasteiger charge is 2.54. The molecule has 1 amide bonds. The quantitative estimate of drug-likeness (QED) is 0.540. The lowest BCUT2D eigenvalue weighted by Crippen LogP contribution is -2.54. The number of benzene rings is 2. The monoisotopic (exact) mass is 512 g/mol. The molecule has 0 spiro atoms. The molecule has 2 aromatic rings. The second-order valence-electron chi connectivity index (χ2n) is 9.79. The van der Waals surface area contributed by atoms with Gasteiger partial charge >= 0.3 is 6.18 Å². The molecule has 196 valence electrons. The Hall–Kier alpha value is -2.56. The Morgan fingerprint density at radius 2 is 1.92 bits per heavy atom. The number of ether oxygens (including phenoxy) is 1. The molecule has 0 bridgehead atoms. The lowest BCUT2D eigenvalue weighted by atomic mass is 9.96. The second kappa shape index (κ2) is 10.4. The number of aliphatic hydroxyl groups excluding tert-OH is 1. The molecule has 6 atom stereocenters. The fraction of sp³-hybridized carbons (Fsp3) is 0.500. The standard InChI is InChI=1S/C26H29F5N2O3/c1-14(2)10-20(25(35)33-12-19(28)23-22(33)21(34)13-36-23)32-24(26(29,30)31)16-7-5-6-15(11-16)17-8-3-4-9-18(17)27/h3-9,11,14,19-24,32,34H,10,12-13H2,1-2H3/t19-,20-,21-,22+,23+,24-/m0/s1. The molecule has 0 unspecified atom stereocenters. The molecule has 36 heavy (non-hydrogen) atoms. The number of carbonyl (C=O) groups excluding carboxylic acids is 1. The van der Waals surface area contributed by atoms with Gasteiger partial charge in [0.15, 0.2) is 0 Å². The maximum absolute atomic E-state index is 14.5. The largest absolute Gasteiger partial charge is 0.407 e. The van der Waals surface area contributed by atoms with Gasteiger partial charge in [0.1, 0.15) is 30.2 Å². The molecule has 2 fully saturated rings. The van der Waals surface area contributed by atoms with Gasteiger partial charge < -0.3 is 14.7 Å². The fourth-order valence-electron chi connectivity index (χ4n) is 5.05. The van der Waals surface area contributed by atoms with Crippen LogP contribution < -0.4 is 5.32 Å². The number of carbonyl (C=O) groups is 1. The first-order chi connectivity index (χ1) is 17.0. The Balaban J connectivity index is 1.65. The summed E-state index contributed by atoms with van der Waals surface area (Å²) in [4.78, 5) is 14.6. The zero-order chi connectivity index (χ0) is 26.2. The molecular formula is C26H29F5N2O3. The van der Waals surface area contributed by atoms with Gasteiger partial charge in [-0.3, -0.25) is 10.1 Å². The Kier molecular flexibility index (Phi) is 7.68. The summed E-state index contributed by atoms with van der Waals surface area (Å²) in [6.07, 6.45) is -8.38. The first-order valence-corrected chi connectivity index (χ1v) is 11.9. The Bertz CT molecular complexity index is 1080. The predicted octanol–water partition coefficient (Wildman–Crippen LogP) is 4.41. The van der Waals surface area contributed by atoms with Crippen LogP contribution in [-0.2, 0) is 9.53 Å². The highest BCUT2D eigenvalue weighted by atomic mass is 19.4. The van der Waals surface area contributed by atoms with Crippen LogP contribution in [0.3, 0.4) is 0 Å². The van der Waals surface area contributed by atoms with Crippen molar-refractivity contribution in [3.63, 3.8) is 0 Å². The van der Waals surface area contributed by atoms with Crippen LogP contribution in [0.25, 0.3) is 11.1 Å². The van der Waals surface area contributed by atoms with Crippen LogP contribution in [-0.4, -0.2) is 65.7 Å². The average Bonchev–Trinajstić information content (AvgIpc) is 3.36. The van der Waals surface area contributed by atoms with Gasteiger partial charge in [-0.1, -0.05) is 50.2 Å². The number of halogens is 5. The van der Waals surface area contributed by atoms with Crippen molar-refractivity contribution >= 4 is 5.91 Å². The van der Waals surface area contributed by atoms with Gasteiger partial charge in [0.2, 0.25) is 5.91 Å². The van der Waals surface area contributed by atoms with E-state index >= 15 is 0 Å². The Labute approximate surface area is 206 Å². The van der Waals surface area contributed by atoms with E-state index < -0.39 is 54.4 Å². The second-order valence-corrected chi connectivity index (χ2v) is 9.79. The highest BCUT2D eigenvalue weighted by Crippen LogP contribution is 2.37. The minimum absolute atomic E-state index is 0.0558. The van der Waals surface area contributed by atoms with Gasteiger partial charge in [-0.2, -0.15) is 13.2 Å². The van der Waals surface area contributed by atoms with Crippen molar-refractivity contribution in [2.45, 2.75) is 62.9 Å². The summed E-state index contributed by atoms with van der Waals surface area (Å²) in [5.74, 6) is -1.45. The zero-order valence-electron chi connectivity index (χ0n) is 19.9. The minimum atomic E-state index is -4.78. The lowest BCUT2D eigenvalue weighted by Gasteiger charge is -2.33. The van der Waals surface area contributed by atoms with E-state index in [0.29, 0.717) is 0 Å². The van der Waals surface area contributed by atoms with Crippen LogP contribution in [0.4, 0.5) is 22.0 Å². The first kappa shape index (κ1) is 26.5. The molecular weight excluding hydrogens is 483 g/mol. The van der Waals surface area contributed by atoms with Crippen molar-refractivity contribution < 1.29 is 36.6 Å². The van der Waals surface area contributed by atoms with E-state index in [4.69, 9.17) is 4.74 Å². The zero-order valence-corrected chi connectivity index (χ0v) is 19.9. The number of likely N-dealkylation sites (tertiary alicyclic amines) is 1. The third-order valence-corrected chi connectivity index (χ3v) is 6.67. The molecule has 2 aromatic carbocycles. The van der Waals surface area contributed by atoms with Gasteiger partial charge in [0.25, 0.3) is 0 Å². The van der Waals surface area contributed by atoms with Gasteiger partial charge in [0.05, 0.1) is 25.2 Å². The van der Waals surface area contributed by atoms with Gasteiger partial charge in [-0.25, -0.2) is 8.78 Å². The van der Waals surface area contributed by atoms with Crippen LogP contribution in [0, 0.1) is 11.7 Å². The number of amides is 1. The third-order valence-electron chi connectivity index (χ3n) is 6.67. The number of alkyl halides is 4. The number of hydrogen-bond donors (Lipinski definition) is 2. The summed E-state index contributed by atoms with van der Waals surface area (Å²) < 4.78 is 77.0. The van der Waals surface area contributed by atoms with Gasteiger partial charge in [-0.15, -0.1) is 0 Å². The summed E-state index contributed by atoms with van der Waals surface area (Å²) in [5, 5.41) is 12.7. The van der Waals surface area contributed by atoms with Crippen molar-refractivity contribution in [2.24, 2.45) is 5.92 Å². The molecule has 2 heterocycles. The summed E-state index contributed by atoms with van der Waals surface area (Å²) in [6.45, 7) is 3.03. The van der Waals surface area contributed by atoms with E-state index in [1.54, 1.807) is 19.9 Å². The van der Waals surface area contributed by atoms with Crippen molar-refractivity contribution in [3.8, 4) is 11.1 Å². The van der Waals surface area contributed by atoms with E-state index in [9.17, 15) is 31.9 Å². The number of fused-ring (bicyclic) bond motifs is 1. The number of nitrogens with zero attached hydrogens (tertiary/aromatic N) is 1. The molecule has 10 heteroatoms. The normalized spacial score (nSPS) is 25.8. The van der Waals surface area contributed by atoms with Crippen LogP contribution in [0.2, 0.25) is 0 Å². The molecule has 2 saturated heterocycles. The summed E-state index contributed by atoms with van der Waals surface area (Å²) in [7, 11) is 0. The molecule has 2 aliphatic heterocycles. The number of hydrogen-bond acceptors (Lipinski definition) is 4. The molecule has 5 nitrogen and oxygen atoms in total. The van der Waals surface area contributed by atoms with Crippen LogP contribution >= 0.6 is 0 Å². The van der Waals surface area contributed by atoms with Gasteiger partial charge in [0, 0.05) is 5.56 Å². The summed E-state index contributed by atoms with van der Waals surface area (Å²) in [6, 6.07) is 6.73. The van der Waals surface area contributed by atoms with E-state index in [1.807, 2.05) is 0 Å². The number of aliphatic hydroxyl groups is 1. The molecule has 0 radical (unpaired) electrons. The predicted molar refractivity (Wildman–Crippen MR) is 123 cm³/mol. The van der Waals surface area contributed by atoms with E-state index in [1.165, 1.54) is 42.5 Å². The van der Waals surface area contributed by atoms with Crippen LogP contribution in [0.5, 0.6) is 0 Å². The maximum atomic E-state index is 14.5. The minimum Gasteiger partial charge on any atom is -0.388 e. The van der Waals surface area contributed by atoms with Crippen molar-refractivity contribution in [2.75, 3.05) is 13.2 Å². The molecule has 0 saturated carbocycles. The van der Waals surface area contributed by atoms with Crippen molar-refractivity contribution in [1.29, 1.82) is 0 Å². The highest BCUT2D eigenvalue weighted by molar-refractivity contribution is 5.83. The Morgan fingerprint density at radius 3 is 2.58 bits per heavy atom. The molecule has 0 aromatic heterocycles. The lowest BCUT2D eigenvalue weighted by molar-refractivity contribution is -0.163. The van der Waals surface area contributed by atoms with Crippen molar-refractivity contribution in [3.05, 3.63) is 59.9 Å². The maximum Gasteiger partial charge on any atom is 0.407 e. The first-order valence-electron chi connectivity index (χ1n) is 11.9. The Morgan fingerprint density at radius 1 is 1.19 bits per heavy atom. The average molecular weight is 513 g/mol. The van der Waals surface area contributed by atoms with Crippen LogP contribution in [0.15, 0.2) is 48.5 Å². The fourth-order valence-corrected chi connectivity index (χ4v) is 5.05. The van der Waals surface area contributed by atoms with E-state index in [2.05, 4.69) is 5.32 Å². The molecule has 0 aliphatic carbocycles. The smallest absolute Gasteiger partial charge is 0.388 e. The van der Waals surface area contributed by atoms with E-state index in [-0.39, 0.29) is 42.2 Å². The topological polar surface area (TPSA) is 61.8 Å². The summed E-state index contributed by atoms with van der Waals surface area (Å²) in [5.41, 5.74) is 0.237. The number of nitrogens with one attached hydrogen (secondary N) is 1. The molecule has 2 aliphatic rings.